The standard InChI is InChI=1S/C14H17ClN2O3/c15-11-8-10(1-2-12(11)16)14(20)17-5-3-9(4-6-17)7-13(18)19/h1-2,8-9H,3-7,16H2,(H,18,19). The molecular formula is C14H17ClN2O3. The van der Waals surface area contributed by atoms with Gasteiger partial charge in [0.05, 0.1) is 10.7 Å². The van der Waals surface area contributed by atoms with E-state index in [1.807, 2.05) is 0 Å². The molecule has 2 rings (SSSR count). The van der Waals surface area contributed by atoms with E-state index >= 15 is 0 Å². The molecule has 20 heavy (non-hydrogen) atoms. The zero-order valence-electron chi connectivity index (χ0n) is 11.0. The van der Waals surface area contributed by atoms with E-state index in [2.05, 4.69) is 0 Å². The average molecular weight is 297 g/mol. The van der Waals surface area contributed by atoms with Gasteiger partial charge >= 0.3 is 5.97 Å². The van der Waals surface area contributed by atoms with Gasteiger partial charge in [-0.25, -0.2) is 0 Å². The first-order valence-corrected chi connectivity index (χ1v) is 6.91. The number of aliphatic carboxylic acids is 1. The second-order valence-electron chi connectivity index (χ2n) is 5.07. The quantitative estimate of drug-likeness (QED) is 0.838. The van der Waals surface area contributed by atoms with E-state index in [1.54, 1.807) is 23.1 Å². The Morgan fingerprint density at radius 2 is 2.00 bits per heavy atom. The molecule has 0 saturated carbocycles. The number of carboxylic acids is 1. The Hall–Kier alpha value is -1.75. The lowest BCUT2D eigenvalue weighted by molar-refractivity contribution is -0.138. The number of piperidine rings is 1. The van der Waals surface area contributed by atoms with Crippen molar-refractivity contribution < 1.29 is 14.7 Å². The Kier molecular flexibility index (Phi) is 4.49. The van der Waals surface area contributed by atoms with Crippen molar-refractivity contribution in [2.24, 2.45) is 5.92 Å². The Labute approximate surface area is 122 Å². The van der Waals surface area contributed by atoms with Crippen LogP contribution in [0.3, 0.4) is 0 Å². The van der Waals surface area contributed by atoms with Crippen LogP contribution < -0.4 is 5.73 Å². The summed E-state index contributed by atoms with van der Waals surface area (Å²) in [5.41, 5.74) is 6.58. The summed E-state index contributed by atoms with van der Waals surface area (Å²) in [5, 5.41) is 9.14. The van der Waals surface area contributed by atoms with E-state index in [9.17, 15) is 9.59 Å². The summed E-state index contributed by atoms with van der Waals surface area (Å²) >= 11 is 5.92. The normalized spacial score (nSPS) is 16.1. The zero-order valence-corrected chi connectivity index (χ0v) is 11.8. The number of amides is 1. The van der Waals surface area contributed by atoms with Crippen LogP contribution in [-0.2, 0) is 4.79 Å². The van der Waals surface area contributed by atoms with E-state index < -0.39 is 5.97 Å². The first-order valence-electron chi connectivity index (χ1n) is 6.53. The van der Waals surface area contributed by atoms with Crippen molar-refractivity contribution in [3.63, 3.8) is 0 Å². The third-order valence-corrected chi connectivity index (χ3v) is 3.94. The maximum Gasteiger partial charge on any atom is 0.303 e. The van der Waals surface area contributed by atoms with E-state index in [0.29, 0.717) is 29.4 Å². The van der Waals surface area contributed by atoms with Crippen molar-refractivity contribution in [3.05, 3.63) is 28.8 Å². The van der Waals surface area contributed by atoms with Gasteiger partial charge in [0.25, 0.3) is 5.91 Å². The highest BCUT2D eigenvalue weighted by atomic mass is 35.5. The molecule has 0 bridgehead atoms. The van der Waals surface area contributed by atoms with Crippen LogP contribution in [0.1, 0.15) is 29.6 Å². The smallest absolute Gasteiger partial charge is 0.303 e. The van der Waals surface area contributed by atoms with Crippen molar-refractivity contribution in [3.8, 4) is 0 Å². The molecule has 0 spiro atoms. The molecule has 1 aliphatic rings. The third-order valence-electron chi connectivity index (χ3n) is 3.61. The van der Waals surface area contributed by atoms with Crippen LogP contribution in [0.4, 0.5) is 5.69 Å². The van der Waals surface area contributed by atoms with Crippen molar-refractivity contribution in [2.75, 3.05) is 18.8 Å². The first-order chi connectivity index (χ1) is 9.47. The molecule has 1 aliphatic heterocycles. The van der Waals surface area contributed by atoms with Gasteiger partial charge in [0.2, 0.25) is 0 Å². The highest BCUT2D eigenvalue weighted by molar-refractivity contribution is 6.33. The van der Waals surface area contributed by atoms with Crippen LogP contribution in [0, 0.1) is 5.92 Å². The number of nitrogen functional groups attached to an aromatic ring is 1. The fraction of sp³-hybridized carbons (Fsp3) is 0.429. The lowest BCUT2D eigenvalue weighted by Crippen LogP contribution is -2.38. The Bertz CT molecular complexity index is 525. The monoisotopic (exact) mass is 296 g/mol. The molecule has 108 valence electrons. The minimum absolute atomic E-state index is 0.0827. The van der Waals surface area contributed by atoms with Gasteiger partial charge in [-0.15, -0.1) is 0 Å². The van der Waals surface area contributed by atoms with E-state index in [4.69, 9.17) is 22.4 Å². The Balaban J connectivity index is 1.97. The van der Waals surface area contributed by atoms with Crippen LogP contribution in [0.5, 0.6) is 0 Å². The molecule has 1 aromatic carbocycles. The molecule has 0 aliphatic carbocycles. The molecule has 1 amide bonds. The van der Waals surface area contributed by atoms with E-state index in [0.717, 1.165) is 12.8 Å². The maximum atomic E-state index is 12.3. The SMILES string of the molecule is Nc1ccc(C(=O)N2CCC(CC(=O)O)CC2)cc1Cl. The number of hydrogen-bond acceptors (Lipinski definition) is 3. The maximum absolute atomic E-state index is 12.3. The highest BCUT2D eigenvalue weighted by Crippen LogP contribution is 2.24. The van der Waals surface area contributed by atoms with Crippen molar-refractivity contribution in [1.82, 2.24) is 4.90 Å². The number of carbonyl (C=O) groups excluding carboxylic acids is 1. The number of carbonyl (C=O) groups is 2. The summed E-state index contributed by atoms with van der Waals surface area (Å²) in [6, 6.07) is 4.85. The number of nitrogens with two attached hydrogens (primary N) is 1. The van der Waals surface area contributed by atoms with Gasteiger partial charge in [0.1, 0.15) is 0 Å². The number of nitrogens with zero attached hydrogens (tertiary/aromatic N) is 1. The minimum Gasteiger partial charge on any atom is -0.481 e. The number of rotatable bonds is 3. The molecule has 6 heteroatoms. The van der Waals surface area contributed by atoms with Crippen LogP contribution in [0.25, 0.3) is 0 Å². The zero-order chi connectivity index (χ0) is 14.7. The lowest BCUT2D eigenvalue weighted by atomic mass is 9.93. The molecule has 0 aromatic heterocycles. The predicted octanol–water partition coefficient (Wildman–Crippen LogP) is 2.25. The minimum atomic E-state index is -0.778. The van der Waals surface area contributed by atoms with Crippen LogP contribution >= 0.6 is 11.6 Å². The molecule has 1 saturated heterocycles. The fourth-order valence-corrected chi connectivity index (χ4v) is 2.61. The molecule has 1 aromatic rings. The largest absolute Gasteiger partial charge is 0.481 e. The third kappa shape index (κ3) is 3.42. The number of halogens is 1. The van der Waals surface area contributed by atoms with E-state index in [-0.39, 0.29) is 18.2 Å². The number of benzene rings is 1. The van der Waals surface area contributed by atoms with Gasteiger partial charge in [-0.1, -0.05) is 11.6 Å². The van der Waals surface area contributed by atoms with Crippen LogP contribution in [0.2, 0.25) is 5.02 Å². The Morgan fingerprint density at radius 1 is 1.35 bits per heavy atom. The van der Waals surface area contributed by atoms with Crippen LogP contribution in [0.15, 0.2) is 18.2 Å². The summed E-state index contributed by atoms with van der Waals surface area (Å²) in [7, 11) is 0. The Morgan fingerprint density at radius 3 is 2.55 bits per heavy atom. The predicted molar refractivity (Wildman–Crippen MR) is 76.7 cm³/mol. The summed E-state index contributed by atoms with van der Waals surface area (Å²) in [4.78, 5) is 24.7. The van der Waals surface area contributed by atoms with Crippen molar-refractivity contribution in [1.29, 1.82) is 0 Å². The van der Waals surface area contributed by atoms with E-state index in [1.165, 1.54) is 0 Å². The lowest BCUT2D eigenvalue weighted by Gasteiger charge is -2.31. The molecule has 0 radical (unpaired) electrons. The second kappa shape index (κ2) is 6.13. The molecule has 3 N–H and O–H groups in total. The average Bonchev–Trinajstić information content (AvgIpc) is 2.41. The molecule has 0 atom stereocenters. The molecule has 1 fully saturated rings. The highest BCUT2D eigenvalue weighted by Gasteiger charge is 2.25. The number of hydrogen-bond donors (Lipinski definition) is 2. The molecule has 1 heterocycles. The van der Waals surface area contributed by atoms with Gasteiger partial charge in [-0.05, 0) is 37.0 Å². The summed E-state index contributed by atoms with van der Waals surface area (Å²) in [6.07, 6.45) is 1.62. The molecule has 5 nitrogen and oxygen atoms in total. The first kappa shape index (κ1) is 14.7. The van der Waals surface area contributed by atoms with Crippen LogP contribution in [-0.4, -0.2) is 35.0 Å². The molecule has 0 unspecified atom stereocenters. The molecular weight excluding hydrogens is 280 g/mol. The van der Waals surface area contributed by atoms with Crippen molar-refractivity contribution in [2.45, 2.75) is 19.3 Å². The topological polar surface area (TPSA) is 83.6 Å². The summed E-state index contributed by atoms with van der Waals surface area (Å²) < 4.78 is 0. The number of likely N-dealkylation sites (tertiary alicyclic amines) is 1. The van der Waals surface area contributed by atoms with Gasteiger partial charge in [-0.2, -0.15) is 0 Å². The second-order valence-corrected chi connectivity index (χ2v) is 5.48. The van der Waals surface area contributed by atoms with Gasteiger partial charge < -0.3 is 15.7 Å². The summed E-state index contributed by atoms with van der Waals surface area (Å²) in [6.45, 7) is 1.16. The van der Waals surface area contributed by atoms with Crippen molar-refractivity contribution >= 4 is 29.2 Å². The van der Waals surface area contributed by atoms with Gasteiger partial charge in [0.15, 0.2) is 0 Å². The number of carboxylic acid groups (broad SMARTS) is 1. The number of anilines is 1. The summed E-state index contributed by atoms with van der Waals surface area (Å²) in [5.74, 6) is -0.702. The van der Waals surface area contributed by atoms with Gasteiger partial charge in [-0.3, -0.25) is 9.59 Å². The van der Waals surface area contributed by atoms with Gasteiger partial charge in [0, 0.05) is 25.1 Å². The fourth-order valence-electron chi connectivity index (χ4n) is 2.43.